The summed E-state index contributed by atoms with van der Waals surface area (Å²) in [6, 6.07) is 3.82. The minimum atomic E-state index is -0.571. The van der Waals surface area contributed by atoms with Gasteiger partial charge in [0.25, 0.3) is 0 Å². The number of hydrogen-bond acceptors (Lipinski definition) is 5. The molecule has 2 heterocycles. The normalized spacial score (nSPS) is 14.9. The maximum absolute atomic E-state index is 13.6. The summed E-state index contributed by atoms with van der Waals surface area (Å²) in [6.45, 7) is 3.55. The molecule has 1 aromatic heterocycles. The summed E-state index contributed by atoms with van der Waals surface area (Å²) >= 11 is 0. The number of rotatable bonds is 4. The Kier molecular flexibility index (Phi) is 4.43. The van der Waals surface area contributed by atoms with Gasteiger partial charge in [-0.25, -0.2) is 13.8 Å². The lowest BCUT2D eigenvalue weighted by Gasteiger charge is -2.28. The third-order valence-corrected chi connectivity index (χ3v) is 3.57. The Bertz CT molecular complexity index is 623. The molecule has 2 N–H and O–H groups in total. The Morgan fingerprint density at radius 1 is 1.14 bits per heavy atom. The van der Waals surface area contributed by atoms with Crippen molar-refractivity contribution in [3.05, 3.63) is 47.8 Å². The van der Waals surface area contributed by atoms with Crippen LogP contribution in [0.2, 0.25) is 0 Å². The minimum Gasteiger partial charge on any atom is -0.364 e. The van der Waals surface area contributed by atoms with Gasteiger partial charge < -0.3 is 15.5 Å². The van der Waals surface area contributed by atoms with Crippen LogP contribution < -0.4 is 15.5 Å². The summed E-state index contributed by atoms with van der Waals surface area (Å²) in [4.78, 5) is 10.7. The SMILES string of the molecule is Fc1cccc(F)c1CNc1cncc(N2CCNCC2)n1. The second-order valence-corrected chi connectivity index (χ2v) is 5.05. The molecule has 5 nitrogen and oxygen atoms in total. The Labute approximate surface area is 127 Å². The first-order valence-corrected chi connectivity index (χ1v) is 7.18. The topological polar surface area (TPSA) is 53.1 Å². The van der Waals surface area contributed by atoms with Crippen LogP contribution >= 0.6 is 0 Å². The Morgan fingerprint density at radius 3 is 2.59 bits per heavy atom. The van der Waals surface area contributed by atoms with E-state index in [-0.39, 0.29) is 12.1 Å². The molecule has 116 valence electrons. The fraction of sp³-hybridized carbons (Fsp3) is 0.333. The van der Waals surface area contributed by atoms with Crippen molar-refractivity contribution in [2.75, 3.05) is 36.4 Å². The number of benzene rings is 1. The lowest BCUT2D eigenvalue weighted by molar-refractivity contribution is 0.559. The number of nitrogens with one attached hydrogen (secondary N) is 2. The zero-order valence-corrected chi connectivity index (χ0v) is 12.0. The number of piperazine rings is 1. The maximum atomic E-state index is 13.6. The molecule has 3 rings (SSSR count). The van der Waals surface area contributed by atoms with E-state index in [9.17, 15) is 8.78 Å². The van der Waals surface area contributed by atoms with Gasteiger partial charge in [-0.15, -0.1) is 0 Å². The summed E-state index contributed by atoms with van der Waals surface area (Å²) in [5.41, 5.74) is -0.00289. The van der Waals surface area contributed by atoms with Crippen LogP contribution in [-0.4, -0.2) is 36.1 Å². The molecule has 0 unspecified atom stereocenters. The van der Waals surface area contributed by atoms with Crippen molar-refractivity contribution in [3.8, 4) is 0 Å². The lowest BCUT2D eigenvalue weighted by Crippen LogP contribution is -2.44. The van der Waals surface area contributed by atoms with Gasteiger partial charge in [-0.2, -0.15) is 0 Å². The predicted molar refractivity (Wildman–Crippen MR) is 80.8 cm³/mol. The van der Waals surface area contributed by atoms with Crippen LogP contribution in [0.1, 0.15) is 5.56 Å². The molecule has 0 amide bonds. The van der Waals surface area contributed by atoms with E-state index in [1.807, 2.05) is 0 Å². The van der Waals surface area contributed by atoms with E-state index in [4.69, 9.17) is 0 Å². The van der Waals surface area contributed by atoms with Crippen LogP contribution in [0, 0.1) is 11.6 Å². The van der Waals surface area contributed by atoms with Crippen molar-refractivity contribution in [1.29, 1.82) is 0 Å². The Morgan fingerprint density at radius 2 is 1.86 bits per heavy atom. The van der Waals surface area contributed by atoms with Gasteiger partial charge in [0.15, 0.2) is 0 Å². The summed E-state index contributed by atoms with van der Waals surface area (Å²) in [6.07, 6.45) is 3.24. The largest absolute Gasteiger partial charge is 0.364 e. The number of nitrogens with zero attached hydrogens (tertiary/aromatic N) is 3. The molecule has 1 aliphatic heterocycles. The van der Waals surface area contributed by atoms with Crippen molar-refractivity contribution < 1.29 is 8.78 Å². The molecule has 1 aromatic carbocycles. The van der Waals surface area contributed by atoms with Crippen molar-refractivity contribution in [1.82, 2.24) is 15.3 Å². The van der Waals surface area contributed by atoms with Crippen molar-refractivity contribution in [2.24, 2.45) is 0 Å². The van der Waals surface area contributed by atoms with Crippen LogP contribution in [0.4, 0.5) is 20.4 Å². The maximum Gasteiger partial charge on any atom is 0.149 e. The number of hydrogen-bond donors (Lipinski definition) is 2. The molecule has 0 bridgehead atoms. The molecule has 2 aromatic rings. The van der Waals surface area contributed by atoms with Crippen LogP contribution in [0.25, 0.3) is 0 Å². The smallest absolute Gasteiger partial charge is 0.149 e. The van der Waals surface area contributed by atoms with Crippen molar-refractivity contribution >= 4 is 11.6 Å². The van der Waals surface area contributed by atoms with Gasteiger partial charge in [-0.05, 0) is 12.1 Å². The molecule has 0 aliphatic carbocycles. The van der Waals surface area contributed by atoms with Crippen LogP contribution in [0.3, 0.4) is 0 Å². The molecule has 1 fully saturated rings. The standard InChI is InChI=1S/C15H17F2N5/c16-12-2-1-3-13(17)11(12)8-20-14-9-19-10-15(21-14)22-6-4-18-5-7-22/h1-3,9-10,18H,4-8H2,(H,20,21). The lowest BCUT2D eigenvalue weighted by atomic mass is 10.2. The van der Waals surface area contributed by atoms with Crippen LogP contribution in [0.5, 0.6) is 0 Å². The van der Waals surface area contributed by atoms with E-state index in [0.717, 1.165) is 32.0 Å². The molecule has 7 heteroatoms. The van der Waals surface area contributed by atoms with E-state index in [2.05, 4.69) is 25.5 Å². The summed E-state index contributed by atoms with van der Waals surface area (Å²) in [5, 5.41) is 6.20. The van der Waals surface area contributed by atoms with E-state index in [1.54, 1.807) is 12.4 Å². The van der Waals surface area contributed by atoms with E-state index >= 15 is 0 Å². The zero-order chi connectivity index (χ0) is 15.4. The number of aromatic nitrogens is 2. The summed E-state index contributed by atoms with van der Waals surface area (Å²) in [7, 11) is 0. The average molecular weight is 305 g/mol. The van der Waals surface area contributed by atoms with Crippen molar-refractivity contribution in [3.63, 3.8) is 0 Å². The molecule has 1 saturated heterocycles. The number of halogens is 2. The first-order chi connectivity index (χ1) is 10.7. The fourth-order valence-corrected chi connectivity index (χ4v) is 2.37. The van der Waals surface area contributed by atoms with Crippen molar-refractivity contribution in [2.45, 2.75) is 6.54 Å². The highest BCUT2D eigenvalue weighted by Gasteiger charge is 2.13. The number of anilines is 2. The van der Waals surface area contributed by atoms with E-state index < -0.39 is 11.6 Å². The monoisotopic (exact) mass is 305 g/mol. The quantitative estimate of drug-likeness (QED) is 0.902. The van der Waals surface area contributed by atoms with E-state index in [1.165, 1.54) is 18.2 Å². The second kappa shape index (κ2) is 6.65. The molecule has 0 spiro atoms. The highest BCUT2D eigenvalue weighted by atomic mass is 19.1. The van der Waals surface area contributed by atoms with Gasteiger partial charge >= 0.3 is 0 Å². The van der Waals surface area contributed by atoms with E-state index in [0.29, 0.717) is 5.82 Å². The Hall–Kier alpha value is -2.28. The minimum absolute atomic E-state index is 0.00289. The molecule has 22 heavy (non-hydrogen) atoms. The molecule has 0 radical (unpaired) electrons. The molecule has 0 atom stereocenters. The van der Waals surface area contributed by atoms with Gasteiger partial charge in [0.2, 0.25) is 0 Å². The van der Waals surface area contributed by atoms with Gasteiger partial charge in [0.1, 0.15) is 23.3 Å². The van der Waals surface area contributed by atoms with Crippen LogP contribution in [0.15, 0.2) is 30.6 Å². The second-order valence-electron chi connectivity index (χ2n) is 5.05. The molecule has 0 saturated carbocycles. The van der Waals surface area contributed by atoms with Gasteiger partial charge in [-0.1, -0.05) is 6.07 Å². The van der Waals surface area contributed by atoms with Gasteiger partial charge in [0.05, 0.1) is 12.4 Å². The third-order valence-electron chi connectivity index (χ3n) is 3.57. The fourth-order valence-electron chi connectivity index (χ4n) is 2.37. The predicted octanol–water partition coefficient (Wildman–Crippen LogP) is 1.78. The summed E-state index contributed by atoms with van der Waals surface area (Å²) in [5.74, 6) is 0.122. The molecule has 1 aliphatic rings. The first-order valence-electron chi connectivity index (χ1n) is 7.18. The zero-order valence-electron chi connectivity index (χ0n) is 12.0. The highest BCUT2D eigenvalue weighted by Crippen LogP contribution is 2.16. The van der Waals surface area contributed by atoms with Gasteiger partial charge in [0, 0.05) is 38.3 Å². The Balaban J connectivity index is 1.70. The van der Waals surface area contributed by atoms with Crippen LogP contribution in [-0.2, 0) is 6.54 Å². The molecular weight excluding hydrogens is 288 g/mol. The average Bonchev–Trinajstić information content (AvgIpc) is 2.55. The molecular formula is C15H17F2N5. The summed E-state index contributed by atoms with van der Waals surface area (Å²) < 4.78 is 27.2. The first kappa shape index (κ1) is 14.6. The van der Waals surface area contributed by atoms with Gasteiger partial charge in [-0.3, -0.25) is 4.98 Å². The third kappa shape index (κ3) is 3.30. The highest BCUT2D eigenvalue weighted by molar-refractivity contribution is 5.44.